The maximum Gasteiger partial charge on any atom is 0.220 e. The fourth-order valence-electron chi connectivity index (χ4n) is 3.02. The van der Waals surface area contributed by atoms with E-state index in [0.29, 0.717) is 25.3 Å². The maximum absolute atomic E-state index is 11.8. The molecule has 4 nitrogen and oxygen atoms in total. The first-order valence-electron chi connectivity index (χ1n) is 7.02. The summed E-state index contributed by atoms with van der Waals surface area (Å²) in [5.74, 6) is 1.31. The zero-order valence-electron chi connectivity index (χ0n) is 10.9. The van der Waals surface area contributed by atoms with Crippen LogP contribution in [0.25, 0.3) is 0 Å². The number of hydrogen-bond acceptors (Lipinski definition) is 3. The molecular weight excluding hydrogens is 250 g/mol. The van der Waals surface area contributed by atoms with Crippen molar-refractivity contribution in [2.45, 2.75) is 44.9 Å². The molecule has 2 rings (SSSR count). The number of hydrogen-bond donors (Lipinski definition) is 1. The van der Waals surface area contributed by atoms with Crippen LogP contribution in [0.4, 0.5) is 0 Å². The summed E-state index contributed by atoms with van der Waals surface area (Å²) in [6.07, 6.45) is 7.47. The monoisotopic (exact) mass is 273 g/mol. The Bertz CT molecular complexity index is 385. The Hall–Kier alpha value is -0.580. The van der Waals surface area contributed by atoms with Crippen LogP contribution in [0.3, 0.4) is 0 Å². The first-order valence-corrected chi connectivity index (χ1v) is 8.84. The summed E-state index contributed by atoms with van der Waals surface area (Å²) < 4.78 is 22.6. The number of amides is 1. The van der Waals surface area contributed by atoms with E-state index >= 15 is 0 Å². The van der Waals surface area contributed by atoms with Gasteiger partial charge in [-0.3, -0.25) is 4.79 Å². The van der Waals surface area contributed by atoms with Gasteiger partial charge in [0.2, 0.25) is 5.91 Å². The van der Waals surface area contributed by atoms with Gasteiger partial charge in [0.05, 0.1) is 11.5 Å². The molecule has 1 amide bonds. The summed E-state index contributed by atoms with van der Waals surface area (Å²) in [4.78, 5) is 11.8. The molecule has 2 aliphatic rings. The number of carbonyl (C=O) groups excluding carboxylic acids is 1. The van der Waals surface area contributed by atoms with Crippen LogP contribution in [0.1, 0.15) is 44.9 Å². The minimum absolute atomic E-state index is 0.103. The molecule has 1 saturated carbocycles. The maximum atomic E-state index is 11.8. The van der Waals surface area contributed by atoms with Gasteiger partial charge in [0.1, 0.15) is 0 Å². The molecule has 0 aromatic heterocycles. The largest absolute Gasteiger partial charge is 0.356 e. The molecule has 1 saturated heterocycles. The highest BCUT2D eigenvalue weighted by molar-refractivity contribution is 7.91. The zero-order valence-corrected chi connectivity index (χ0v) is 11.7. The van der Waals surface area contributed by atoms with Crippen LogP contribution < -0.4 is 5.32 Å². The summed E-state index contributed by atoms with van der Waals surface area (Å²) in [6.45, 7) is 0.533. The van der Waals surface area contributed by atoms with Crippen molar-refractivity contribution in [3.8, 4) is 0 Å². The number of carbonyl (C=O) groups is 1. The Kier molecular flexibility index (Phi) is 4.65. The predicted molar refractivity (Wildman–Crippen MR) is 71.0 cm³/mol. The van der Waals surface area contributed by atoms with Gasteiger partial charge in [-0.25, -0.2) is 8.42 Å². The minimum Gasteiger partial charge on any atom is -0.356 e. The van der Waals surface area contributed by atoms with Gasteiger partial charge in [0.25, 0.3) is 0 Å². The van der Waals surface area contributed by atoms with Gasteiger partial charge in [0, 0.05) is 13.0 Å². The molecule has 1 atom stereocenters. The van der Waals surface area contributed by atoms with E-state index in [-0.39, 0.29) is 23.3 Å². The van der Waals surface area contributed by atoms with E-state index in [0.717, 1.165) is 0 Å². The van der Waals surface area contributed by atoms with Crippen molar-refractivity contribution in [2.24, 2.45) is 11.8 Å². The van der Waals surface area contributed by atoms with E-state index in [4.69, 9.17) is 0 Å². The second-order valence-electron chi connectivity index (χ2n) is 5.78. The standard InChI is InChI=1S/C13H23NO3S/c15-13(8-11-4-2-1-3-5-11)14-9-12-6-7-18(16,17)10-12/h11-12H,1-10H2,(H,14,15). The first kappa shape index (κ1) is 13.8. The highest BCUT2D eigenvalue weighted by Crippen LogP contribution is 2.26. The van der Waals surface area contributed by atoms with Crippen LogP contribution in [0.2, 0.25) is 0 Å². The third kappa shape index (κ3) is 4.26. The average molecular weight is 273 g/mol. The van der Waals surface area contributed by atoms with Crippen molar-refractivity contribution >= 4 is 15.7 Å². The van der Waals surface area contributed by atoms with Crippen molar-refractivity contribution in [1.29, 1.82) is 0 Å². The van der Waals surface area contributed by atoms with E-state index in [9.17, 15) is 13.2 Å². The van der Waals surface area contributed by atoms with Crippen LogP contribution >= 0.6 is 0 Å². The number of sulfone groups is 1. The van der Waals surface area contributed by atoms with E-state index in [2.05, 4.69) is 5.32 Å². The Labute approximate surface area is 109 Å². The SMILES string of the molecule is O=C(CC1CCCCC1)NCC1CCS(=O)(=O)C1. The Balaban J connectivity index is 1.65. The molecule has 2 fully saturated rings. The molecule has 1 aliphatic carbocycles. The molecule has 0 radical (unpaired) electrons. The molecule has 0 aromatic carbocycles. The summed E-state index contributed by atoms with van der Waals surface area (Å²) in [5.41, 5.74) is 0. The topological polar surface area (TPSA) is 63.2 Å². The molecule has 1 N–H and O–H groups in total. The minimum atomic E-state index is -2.82. The average Bonchev–Trinajstić information content (AvgIpc) is 2.68. The quantitative estimate of drug-likeness (QED) is 0.844. The van der Waals surface area contributed by atoms with Gasteiger partial charge in [-0.2, -0.15) is 0 Å². The lowest BCUT2D eigenvalue weighted by molar-refractivity contribution is -0.122. The van der Waals surface area contributed by atoms with Crippen LogP contribution in [0.15, 0.2) is 0 Å². The van der Waals surface area contributed by atoms with Crippen LogP contribution in [-0.2, 0) is 14.6 Å². The van der Waals surface area contributed by atoms with Crippen molar-refractivity contribution in [3.63, 3.8) is 0 Å². The number of nitrogens with one attached hydrogen (secondary N) is 1. The predicted octanol–water partition coefficient (Wildman–Crippen LogP) is 1.51. The number of rotatable bonds is 4. The zero-order chi connectivity index (χ0) is 13.0. The fraction of sp³-hybridized carbons (Fsp3) is 0.923. The van der Waals surface area contributed by atoms with Crippen LogP contribution in [0, 0.1) is 11.8 Å². The van der Waals surface area contributed by atoms with Gasteiger partial charge >= 0.3 is 0 Å². The van der Waals surface area contributed by atoms with Gasteiger partial charge in [-0.15, -0.1) is 0 Å². The highest BCUT2D eigenvalue weighted by atomic mass is 32.2. The second-order valence-corrected chi connectivity index (χ2v) is 8.01. The lowest BCUT2D eigenvalue weighted by atomic mass is 9.87. The molecule has 5 heteroatoms. The van der Waals surface area contributed by atoms with Gasteiger partial charge in [0.15, 0.2) is 9.84 Å². The van der Waals surface area contributed by atoms with Crippen LogP contribution in [-0.4, -0.2) is 32.4 Å². The van der Waals surface area contributed by atoms with Crippen molar-refractivity contribution in [1.82, 2.24) is 5.32 Å². The Morgan fingerprint density at radius 2 is 1.78 bits per heavy atom. The second kappa shape index (κ2) is 6.04. The van der Waals surface area contributed by atoms with Crippen molar-refractivity contribution in [2.75, 3.05) is 18.1 Å². The van der Waals surface area contributed by atoms with E-state index in [1.807, 2.05) is 0 Å². The smallest absolute Gasteiger partial charge is 0.220 e. The molecule has 104 valence electrons. The van der Waals surface area contributed by atoms with E-state index in [1.165, 1.54) is 32.1 Å². The molecular formula is C13H23NO3S. The van der Waals surface area contributed by atoms with Gasteiger partial charge < -0.3 is 5.32 Å². The van der Waals surface area contributed by atoms with E-state index < -0.39 is 9.84 Å². The molecule has 0 bridgehead atoms. The Morgan fingerprint density at radius 3 is 2.39 bits per heavy atom. The molecule has 1 aliphatic heterocycles. The van der Waals surface area contributed by atoms with Crippen molar-refractivity contribution in [3.05, 3.63) is 0 Å². The van der Waals surface area contributed by atoms with Gasteiger partial charge in [-0.05, 0) is 31.1 Å². The molecule has 0 aromatic rings. The normalized spacial score (nSPS) is 28.1. The molecule has 1 unspecified atom stereocenters. The lowest BCUT2D eigenvalue weighted by Gasteiger charge is -2.21. The molecule has 1 heterocycles. The lowest BCUT2D eigenvalue weighted by Crippen LogP contribution is -2.31. The van der Waals surface area contributed by atoms with Gasteiger partial charge in [-0.1, -0.05) is 19.3 Å². The third-order valence-corrected chi connectivity index (χ3v) is 5.95. The summed E-state index contributed by atoms with van der Waals surface area (Å²) in [7, 11) is -2.82. The summed E-state index contributed by atoms with van der Waals surface area (Å²) in [5, 5.41) is 2.91. The van der Waals surface area contributed by atoms with Crippen LogP contribution in [0.5, 0.6) is 0 Å². The van der Waals surface area contributed by atoms with Crippen molar-refractivity contribution < 1.29 is 13.2 Å². The summed E-state index contributed by atoms with van der Waals surface area (Å²) in [6, 6.07) is 0. The highest BCUT2D eigenvalue weighted by Gasteiger charge is 2.28. The fourth-order valence-corrected chi connectivity index (χ4v) is 4.88. The molecule has 0 spiro atoms. The molecule has 18 heavy (non-hydrogen) atoms. The summed E-state index contributed by atoms with van der Waals surface area (Å²) >= 11 is 0. The Morgan fingerprint density at radius 1 is 1.06 bits per heavy atom. The first-order chi connectivity index (χ1) is 8.55. The van der Waals surface area contributed by atoms with E-state index in [1.54, 1.807) is 0 Å². The third-order valence-electron chi connectivity index (χ3n) is 4.11.